The first kappa shape index (κ1) is 22.1. The molecule has 0 saturated carbocycles. The average molecular weight is 491 g/mol. The molecular formula is C26H27BrN4O. The predicted octanol–water partition coefficient (Wildman–Crippen LogP) is 5.40. The lowest BCUT2D eigenvalue weighted by atomic mass is 10.0. The molecule has 0 bridgehead atoms. The average Bonchev–Trinajstić information content (AvgIpc) is 3.36. The van der Waals surface area contributed by atoms with Gasteiger partial charge in [-0.15, -0.1) is 0 Å². The third-order valence-corrected chi connectivity index (χ3v) is 6.44. The third kappa shape index (κ3) is 4.70. The predicted molar refractivity (Wildman–Crippen MR) is 131 cm³/mol. The van der Waals surface area contributed by atoms with Gasteiger partial charge in [0.15, 0.2) is 0 Å². The van der Waals surface area contributed by atoms with E-state index in [-0.39, 0.29) is 11.9 Å². The molecule has 164 valence electrons. The van der Waals surface area contributed by atoms with Crippen LogP contribution in [0, 0.1) is 20.8 Å². The molecular weight excluding hydrogens is 464 g/mol. The zero-order valence-corrected chi connectivity index (χ0v) is 20.1. The van der Waals surface area contributed by atoms with Crippen LogP contribution in [-0.2, 0) is 13.0 Å². The smallest absolute Gasteiger partial charge is 0.253 e. The Morgan fingerprint density at radius 2 is 1.75 bits per heavy atom. The van der Waals surface area contributed by atoms with Crippen LogP contribution in [-0.4, -0.2) is 26.1 Å². The van der Waals surface area contributed by atoms with Gasteiger partial charge in [-0.2, -0.15) is 0 Å². The third-order valence-electron chi connectivity index (χ3n) is 5.91. The Balaban J connectivity index is 1.63. The van der Waals surface area contributed by atoms with Gasteiger partial charge in [0.05, 0.1) is 17.9 Å². The first-order valence-electron chi connectivity index (χ1n) is 10.7. The second-order valence-corrected chi connectivity index (χ2v) is 9.02. The van der Waals surface area contributed by atoms with Gasteiger partial charge in [0.25, 0.3) is 5.91 Å². The molecule has 0 unspecified atom stereocenters. The zero-order chi connectivity index (χ0) is 22.7. The molecule has 1 N–H and O–H groups in total. The van der Waals surface area contributed by atoms with Crippen LogP contribution in [0.3, 0.4) is 0 Å². The number of imidazole rings is 1. The summed E-state index contributed by atoms with van der Waals surface area (Å²) in [4.78, 5) is 17.7. The number of carbonyl (C=O) groups is 1. The molecule has 5 nitrogen and oxygen atoms in total. The molecule has 0 aliphatic carbocycles. The van der Waals surface area contributed by atoms with Crippen LogP contribution in [0.15, 0.2) is 77.8 Å². The summed E-state index contributed by atoms with van der Waals surface area (Å²) < 4.78 is 5.19. The second-order valence-electron chi connectivity index (χ2n) is 8.10. The van der Waals surface area contributed by atoms with Gasteiger partial charge < -0.3 is 14.5 Å². The van der Waals surface area contributed by atoms with Crippen LogP contribution < -0.4 is 5.32 Å². The van der Waals surface area contributed by atoms with E-state index in [0.717, 1.165) is 39.1 Å². The minimum absolute atomic E-state index is 0.0417. The monoisotopic (exact) mass is 490 g/mol. The first-order chi connectivity index (χ1) is 15.4. The van der Waals surface area contributed by atoms with Gasteiger partial charge in [0.2, 0.25) is 0 Å². The fraction of sp³-hybridized carbons (Fsp3) is 0.231. The van der Waals surface area contributed by atoms with E-state index in [2.05, 4.69) is 62.0 Å². The topological polar surface area (TPSA) is 51.9 Å². The number of halogens is 1. The van der Waals surface area contributed by atoms with E-state index in [4.69, 9.17) is 0 Å². The summed E-state index contributed by atoms with van der Waals surface area (Å²) >= 11 is 3.50. The van der Waals surface area contributed by atoms with Crippen LogP contribution in [0.5, 0.6) is 0 Å². The highest BCUT2D eigenvalue weighted by molar-refractivity contribution is 9.10. The Labute approximate surface area is 197 Å². The number of benzene rings is 2. The van der Waals surface area contributed by atoms with E-state index in [1.165, 1.54) is 5.56 Å². The molecule has 2 aromatic heterocycles. The molecule has 2 aromatic carbocycles. The molecule has 0 radical (unpaired) electrons. The standard InChI is InChI=1S/C26H27BrN4O/c1-18-19(2)31(24-11-9-22(27)10-12-24)20(3)25(18)26(32)29-23(16-30-14-13-28-17-30)15-21-7-5-4-6-8-21/h4-14,17,23H,15-16H2,1-3H3,(H,29,32)/t23-/m0/s1. The van der Waals surface area contributed by atoms with Crippen molar-refractivity contribution in [3.8, 4) is 5.69 Å². The number of carbonyl (C=O) groups excluding carboxylic acids is 1. The van der Waals surface area contributed by atoms with Gasteiger partial charge in [-0.25, -0.2) is 4.98 Å². The second kappa shape index (κ2) is 9.57. The number of nitrogens with zero attached hydrogens (tertiary/aromatic N) is 3. The summed E-state index contributed by atoms with van der Waals surface area (Å²) in [6, 6.07) is 18.3. The number of hydrogen-bond donors (Lipinski definition) is 1. The molecule has 0 aliphatic heterocycles. The summed E-state index contributed by atoms with van der Waals surface area (Å²) in [7, 11) is 0. The van der Waals surface area contributed by atoms with Crippen LogP contribution in [0.25, 0.3) is 5.69 Å². The summed E-state index contributed by atoms with van der Waals surface area (Å²) in [5, 5.41) is 3.29. The Hall–Kier alpha value is -3.12. The number of hydrogen-bond acceptors (Lipinski definition) is 2. The van der Waals surface area contributed by atoms with Crippen LogP contribution in [0.1, 0.15) is 32.9 Å². The van der Waals surface area contributed by atoms with E-state index in [1.54, 1.807) is 12.5 Å². The Morgan fingerprint density at radius 1 is 1.03 bits per heavy atom. The maximum absolute atomic E-state index is 13.5. The molecule has 0 spiro atoms. The van der Waals surface area contributed by atoms with E-state index in [9.17, 15) is 4.79 Å². The Morgan fingerprint density at radius 3 is 2.41 bits per heavy atom. The molecule has 4 aromatic rings. The van der Waals surface area contributed by atoms with Crippen LogP contribution >= 0.6 is 15.9 Å². The maximum atomic E-state index is 13.5. The van der Waals surface area contributed by atoms with E-state index >= 15 is 0 Å². The van der Waals surface area contributed by atoms with E-state index < -0.39 is 0 Å². The van der Waals surface area contributed by atoms with Crippen molar-refractivity contribution in [1.82, 2.24) is 19.4 Å². The SMILES string of the molecule is Cc1c(C(=O)N[C@@H](Cc2ccccc2)Cn2ccnc2)c(C)n(-c2ccc(Br)cc2)c1C. The van der Waals surface area contributed by atoms with Crippen molar-refractivity contribution in [2.45, 2.75) is 39.8 Å². The van der Waals surface area contributed by atoms with Crippen LogP contribution in [0.4, 0.5) is 0 Å². The van der Waals surface area contributed by atoms with E-state index in [0.29, 0.717) is 6.54 Å². The highest BCUT2D eigenvalue weighted by atomic mass is 79.9. The maximum Gasteiger partial charge on any atom is 0.253 e. The van der Waals surface area contributed by atoms with Gasteiger partial charge in [-0.05, 0) is 62.6 Å². The minimum atomic E-state index is -0.0609. The molecule has 6 heteroatoms. The van der Waals surface area contributed by atoms with Crippen LogP contribution in [0.2, 0.25) is 0 Å². The van der Waals surface area contributed by atoms with E-state index in [1.807, 2.05) is 54.9 Å². The van der Waals surface area contributed by atoms with Gasteiger partial charge >= 0.3 is 0 Å². The Kier molecular flexibility index (Phi) is 6.61. The number of aromatic nitrogens is 3. The molecule has 2 heterocycles. The fourth-order valence-corrected chi connectivity index (χ4v) is 4.53. The quantitative estimate of drug-likeness (QED) is 0.376. The van der Waals surface area contributed by atoms with Gasteiger partial charge in [-0.3, -0.25) is 4.79 Å². The minimum Gasteiger partial charge on any atom is -0.347 e. The van der Waals surface area contributed by atoms with Gasteiger partial charge in [-0.1, -0.05) is 46.3 Å². The van der Waals surface area contributed by atoms with Crippen molar-refractivity contribution in [2.24, 2.45) is 0 Å². The summed E-state index contributed by atoms with van der Waals surface area (Å²) in [5.74, 6) is -0.0417. The molecule has 4 rings (SSSR count). The molecule has 0 fully saturated rings. The molecule has 32 heavy (non-hydrogen) atoms. The summed E-state index contributed by atoms with van der Waals surface area (Å²) in [6.45, 7) is 6.76. The number of nitrogens with one attached hydrogen (secondary N) is 1. The molecule has 0 saturated heterocycles. The lowest BCUT2D eigenvalue weighted by Crippen LogP contribution is -2.39. The van der Waals surface area contributed by atoms with Crippen molar-refractivity contribution in [2.75, 3.05) is 0 Å². The zero-order valence-electron chi connectivity index (χ0n) is 18.5. The molecule has 1 amide bonds. The lowest BCUT2D eigenvalue weighted by molar-refractivity contribution is 0.0931. The van der Waals surface area contributed by atoms with Crippen molar-refractivity contribution in [3.05, 3.63) is 106 Å². The highest BCUT2D eigenvalue weighted by Gasteiger charge is 2.23. The fourth-order valence-electron chi connectivity index (χ4n) is 4.26. The lowest BCUT2D eigenvalue weighted by Gasteiger charge is -2.20. The summed E-state index contributed by atoms with van der Waals surface area (Å²) in [5.41, 5.74) is 6.00. The largest absolute Gasteiger partial charge is 0.347 e. The first-order valence-corrected chi connectivity index (χ1v) is 11.5. The number of amides is 1. The van der Waals surface area contributed by atoms with Gasteiger partial charge in [0.1, 0.15) is 0 Å². The molecule has 1 atom stereocenters. The highest BCUT2D eigenvalue weighted by Crippen LogP contribution is 2.26. The normalized spacial score (nSPS) is 12.0. The van der Waals surface area contributed by atoms with Crippen molar-refractivity contribution in [3.63, 3.8) is 0 Å². The molecule has 0 aliphatic rings. The Bertz CT molecular complexity index is 1200. The summed E-state index contributed by atoms with van der Waals surface area (Å²) in [6.07, 6.45) is 6.22. The number of rotatable bonds is 7. The van der Waals surface area contributed by atoms with Crippen molar-refractivity contribution in [1.29, 1.82) is 0 Å². The van der Waals surface area contributed by atoms with Gasteiger partial charge in [0, 0.05) is 40.5 Å². The van der Waals surface area contributed by atoms with Crippen molar-refractivity contribution < 1.29 is 4.79 Å². The van der Waals surface area contributed by atoms with Crippen molar-refractivity contribution >= 4 is 21.8 Å².